The molecule has 2 aromatic heterocycles. The van der Waals surface area contributed by atoms with Gasteiger partial charge in [0.25, 0.3) is 5.89 Å². The van der Waals surface area contributed by atoms with Gasteiger partial charge in [0.1, 0.15) is 11.4 Å². The number of anilines is 1. The van der Waals surface area contributed by atoms with Crippen LogP contribution < -0.4 is 5.73 Å². The van der Waals surface area contributed by atoms with E-state index in [2.05, 4.69) is 15.1 Å². The fraction of sp³-hybridized carbons (Fsp3) is 0. The van der Waals surface area contributed by atoms with Gasteiger partial charge in [0, 0.05) is 23.5 Å². The van der Waals surface area contributed by atoms with Crippen molar-refractivity contribution in [1.29, 1.82) is 0 Å². The van der Waals surface area contributed by atoms with E-state index in [0.717, 1.165) is 0 Å². The van der Waals surface area contributed by atoms with Crippen LogP contribution in [0.15, 0.2) is 47.1 Å². The molecule has 0 spiro atoms. The first kappa shape index (κ1) is 11.2. The van der Waals surface area contributed by atoms with Crippen molar-refractivity contribution in [3.8, 4) is 28.7 Å². The summed E-state index contributed by atoms with van der Waals surface area (Å²) in [5.41, 5.74) is 7.25. The van der Waals surface area contributed by atoms with E-state index in [1.165, 1.54) is 12.1 Å². The van der Waals surface area contributed by atoms with Crippen molar-refractivity contribution in [3.63, 3.8) is 0 Å². The minimum absolute atomic E-state index is 0.0487. The largest absolute Gasteiger partial charge is 0.508 e. The molecule has 94 valence electrons. The number of nitrogens with two attached hydrogens (primary N) is 1. The maximum Gasteiger partial charge on any atom is 0.258 e. The number of rotatable bonds is 2. The summed E-state index contributed by atoms with van der Waals surface area (Å²) in [5.74, 6) is 0.716. The number of hydrogen-bond donors (Lipinski definition) is 2. The fourth-order valence-electron chi connectivity index (χ4n) is 1.70. The lowest BCUT2D eigenvalue weighted by Crippen LogP contribution is -1.87. The van der Waals surface area contributed by atoms with Crippen LogP contribution in [-0.2, 0) is 0 Å². The second-order valence-electron chi connectivity index (χ2n) is 3.95. The van der Waals surface area contributed by atoms with E-state index in [-0.39, 0.29) is 11.6 Å². The van der Waals surface area contributed by atoms with Crippen LogP contribution in [0.25, 0.3) is 23.0 Å². The van der Waals surface area contributed by atoms with Gasteiger partial charge in [0.2, 0.25) is 5.82 Å². The van der Waals surface area contributed by atoms with Crippen LogP contribution in [-0.4, -0.2) is 20.2 Å². The molecule has 6 nitrogen and oxygen atoms in total. The van der Waals surface area contributed by atoms with Crippen molar-refractivity contribution in [2.75, 3.05) is 5.73 Å². The zero-order chi connectivity index (χ0) is 13.2. The molecule has 0 aliphatic carbocycles. The number of nitrogen functional groups attached to an aromatic ring is 1. The number of benzene rings is 1. The number of phenolic OH excluding ortho intramolecular Hbond substituents is 1. The van der Waals surface area contributed by atoms with Crippen LogP contribution in [0.1, 0.15) is 0 Å². The molecule has 2 heterocycles. The predicted octanol–water partition coefficient (Wildman–Crippen LogP) is 2.09. The molecule has 1 aromatic carbocycles. The number of hydrogen-bond acceptors (Lipinski definition) is 6. The highest BCUT2D eigenvalue weighted by molar-refractivity contribution is 5.64. The molecule has 0 unspecified atom stereocenters. The van der Waals surface area contributed by atoms with Crippen molar-refractivity contribution in [3.05, 3.63) is 42.6 Å². The molecule has 0 atom stereocenters. The van der Waals surface area contributed by atoms with E-state index in [9.17, 15) is 5.11 Å². The van der Waals surface area contributed by atoms with Crippen molar-refractivity contribution < 1.29 is 9.63 Å². The van der Waals surface area contributed by atoms with Crippen molar-refractivity contribution in [2.24, 2.45) is 0 Å². The van der Waals surface area contributed by atoms with E-state index in [0.29, 0.717) is 22.8 Å². The quantitative estimate of drug-likeness (QED) is 0.679. The van der Waals surface area contributed by atoms with Gasteiger partial charge in [-0.15, -0.1) is 0 Å². The highest BCUT2D eigenvalue weighted by atomic mass is 16.5. The second-order valence-corrected chi connectivity index (χ2v) is 3.95. The van der Waals surface area contributed by atoms with Crippen LogP contribution in [0.4, 0.5) is 5.69 Å². The van der Waals surface area contributed by atoms with Crippen LogP contribution in [0.5, 0.6) is 5.75 Å². The summed E-state index contributed by atoms with van der Waals surface area (Å²) in [6.07, 6.45) is 1.65. The molecular weight excluding hydrogens is 244 g/mol. The lowest BCUT2D eigenvalue weighted by atomic mass is 10.2. The number of phenols is 1. The van der Waals surface area contributed by atoms with Gasteiger partial charge in [0.15, 0.2) is 0 Å². The van der Waals surface area contributed by atoms with Gasteiger partial charge in [-0.25, -0.2) is 0 Å². The Morgan fingerprint density at radius 3 is 2.79 bits per heavy atom. The SMILES string of the molecule is Nc1cc(O)cc(-c2nc(-c3ccccn3)no2)c1. The predicted molar refractivity (Wildman–Crippen MR) is 69.0 cm³/mol. The Morgan fingerprint density at radius 1 is 1.16 bits per heavy atom. The van der Waals surface area contributed by atoms with Crippen molar-refractivity contribution >= 4 is 5.69 Å². The average Bonchev–Trinajstić information content (AvgIpc) is 2.88. The highest BCUT2D eigenvalue weighted by Crippen LogP contribution is 2.26. The molecule has 0 bridgehead atoms. The van der Waals surface area contributed by atoms with Crippen molar-refractivity contribution in [2.45, 2.75) is 0 Å². The summed E-state index contributed by atoms with van der Waals surface area (Å²) in [6.45, 7) is 0. The van der Waals surface area contributed by atoms with Crippen LogP contribution in [0.2, 0.25) is 0 Å². The molecular formula is C13H10N4O2. The van der Waals surface area contributed by atoms with Gasteiger partial charge >= 0.3 is 0 Å². The lowest BCUT2D eigenvalue weighted by molar-refractivity contribution is 0.431. The summed E-state index contributed by atoms with van der Waals surface area (Å²) in [6, 6.07) is 10.0. The summed E-state index contributed by atoms with van der Waals surface area (Å²) < 4.78 is 5.15. The fourth-order valence-corrected chi connectivity index (χ4v) is 1.70. The molecule has 3 N–H and O–H groups in total. The van der Waals surface area contributed by atoms with Gasteiger partial charge < -0.3 is 15.4 Å². The summed E-state index contributed by atoms with van der Waals surface area (Å²) in [4.78, 5) is 8.36. The summed E-state index contributed by atoms with van der Waals surface area (Å²) >= 11 is 0. The second kappa shape index (κ2) is 4.41. The number of aromatic hydroxyl groups is 1. The van der Waals surface area contributed by atoms with Gasteiger partial charge in [-0.2, -0.15) is 4.98 Å². The van der Waals surface area contributed by atoms with Gasteiger partial charge in [-0.1, -0.05) is 11.2 Å². The Bertz CT molecular complexity index is 689. The third-order valence-corrected chi connectivity index (χ3v) is 2.51. The Labute approximate surface area is 108 Å². The molecule has 0 saturated heterocycles. The maximum absolute atomic E-state index is 9.50. The minimum Gasteiger partial charge on any atom is -0.508 e. The van der Waals surface area contributed by atoms with E-state index < -0.39 is 0 Å². The molecule has 0 radical (unpaired) electrons. The first-order valence-corrected chi connectivity index (χ1v) is 5.57. The zero-order valence-corrected chi connectivity index (χ0v) is 9.82. The molecule has 6 heteroatoms. The first-order chi connectivity index (χ1) is 9.22. The first-order valence-electron chi connectivity index (χ1n) is 5.57. The third-order valence-electron chi connectivity index (χ3n) is 2.51. The Morgan fingerprint density at radius 2 is 2.05 bits per heavy atom. The number of pyridine rings is 1. The smallest absolute Gasteiger partial charge is 0.258 e. The standard InChI is InChI=1S/C13H10N4O2/c14-9-5-8(6-10(18)7-9)13-16-12(17-19-13)11-3-1-2-4-15-11/h1-7,18H,14H2. The molecule has 19 heavy (non-hydrogen) atoms. The van der Waals surface area contributed by atoms with Crippen LogP contribution in [0.3, 0.4) is 0 Å². The Balaban J connectivity index is 2.02. The van der Waals surface area contributed by atoms with Gasteiger partial charge in [-0.05, 0) is 24.3 Å². The molecule has 0 aliphatic heterocycles. The van der Waals surface area contributed by atoms with E-state index >= 15 is 0 Å². The zero-order valence-electron chi connectivity index (χ0n) is 9.82. The van der Waals surface area contributed by atoms with Crippen LogP contribution in [0, 0.1) is 0 Å². The summed E-state index contributed by atoms with van der Waals surface area (Å²) in [5, 5.41) is 13.3. The lowest BCUT2D eigenvalue weighted by Gasteiger charge is -1.98. The van der Waals surface area contributed by atoms with E-state index in [1.54, 1.807) is 24.4 Å². The average molecular weight is 254 g/mol. The van der Waals surface area contributed by atoms with Gasteiger partial charge in [0.05, 0.1) is 0 Å². The third kappa shape index (κ3) is 2.23. The summed E-state index contributed by atoms with van der Waals surface area (Å²) in [7, 11) is 0. The topological polar surface area (TPSA) is 98.1 Å². The normalized spacial score (nSPS) is 10.5. The van der Waals surface area contributed by atoms with E-state index in [4.69, 9.17) is 10.3 Å². The number of nitrogens with zero attached hydrogens (tertiary/aromatic N) is 3. The van der Waals surface area contributed by atoms with Crippen LogP contribution >= 0.6 is 0 Å². The molecule has 0 amide bonds. The Kier molecular flexibility index (Phi) is 2.60. The number of aromatic nitrogens is 3. The molecule has 3 aromatic rings. The Hall–Kier alpha value is -2.89. The van der Waals surface area contributed by atoms with E-state index in [1.807, 2.05) is 6.07 Å². The molecule has 0 saturated carbocycles. The minimum atomic E-state index is 0.0487. The molecule has 3 rings (SSSR count). The molecule has 0 aliphatic rings. The molecule has 0 fully saturated rings. The monoisotopic (exact) mass is 254 g/mol. The van der Waals surface area contributed by atoms with Crippen molar-refractivity contribution in [1.82, 2.24) is 15.1 Å². The maximum atomic E-state index is 9.50. The van der Waals surface area contributed by atoms with Gasteiger partial charge in [-0.3, -0.25) is 4.98 Å². The highest BCUT2D eigenvalue weighted by Gasteiger charge is 2.12.